The first-order valence-electron chi connectivity index (χ1n) is 8.81. The Balaban J connectivity index is 2.30. The highest BCUT2D eigenvalue weighted by atomic mass is 16.5. The first kappa shape index (κ1) is 18.9. The van der Waals surface area contributed by atoms with E-state index in [9.17, 15) is 4.79 Å². The molecule has 3 rings (SSSR count). The van der Waals surface area contributed by atoms with Crippen LogP contribution in [0.3, 0.4) is 0 Å². The van der Waals surface area contributed by atoms with Crippen LogP contribution >= 0.6 is 0 Å². The van der Waals surface area contributed by atoms with Gasteiger partial charge in [-0.05, 0) is 47.7 Å². The fourth-order valence-corrected chi connectivity index (χ4v) is 3.74. The van der Waals surface area contributed by atoms with E-state index in [0.29, 0.717) is 17.2 Å². The molecule has 6 heteroatoms. The molecular weight excluding hydrogens is 346 g/mol. The molecule has 0 fully saturated rings. The fourth-order valence-electron chi connectivity index (χ4n) is 3.74. The molecule has 27 heavy (non-hydrogen) atoms. The first-order chi connectivity index (χ1) is 13.0. The maximum Gasteiger partial charge on any atom is 0.217 e. The average Bonchev–Trinajstić information content (AvgIpc) is 2.82. The lowest BCUT2D eigenvalue weighted by atomic mass is 9.94. The monoisotopic (exact) mass is 371 g/mol. The lowest BCUT2D eigenvalue weighted by Gasteiger charge is -2.20. The number of hydrogen-bond acceptors (Lipinski definition) is 5. The molecule has 1 N–H and O–H groups in total. The summed E-state index contributed by atoms with van der Waals surface area (Å²) < 4.78 is 22.2. The van der Waals surface area contributed by atoms with Crippen molar-refractivity contribution in [1.82, 2.24) is 5.32 Å². The van der Waals surface area contributed by atoms with Crippen LogP contribution in [0.2, 0.25) is 0 Å². The molecule has 0 heterocycles. The van der Waals surface area contributed by atoms with Crippen LogP contribution in [0.5, 0.6) is 23.0 Å². The zero-order valence-corrected chi connectivity index (χ0v) is 16.3. The molecular formula is C21H25NO5. The third-order valence-electron chi connectivity index (χ3n) is 4.92. The number of methoxy groups -OCH3 is 4. The molecule has 0 unspecified atom stereocenters. The molecule has 0 saturated heterocycles. The van der Waals surface area contributed by atoms with Gasteiger partial charge >= 0.3 is 0 Å². The number of fused-ring (bicyclic) bond motifs is 3. The predicted molar refractivity (Wildman–Crippen MR) is 103 cm³/mol. The van der Waals surface area contributed by atoms with Gasteiger partial charge in [-0.15, -0.1) is 0 Å². The Bertz CT molecular complexity index is 862. The van der Waals surface area contributed by atoms with Gasteiger partial charge in [-0.1, -0.05) is 6.07 Å². The number of carbonyl (C=O) groups is 1. The van der Waals surface area contributed by atoms with Crippen LogP contribution in [-0.2, 0) is 11.2 Å². The van der Waals surface area contributed by atoms with E-state index in [-0.39, 0.29) is 11.9 Å². The molecule has 144 valence electrons. The maximum atomic E-state index is 11.8. The molecule has 0 aromatic heterocycles. The van der Waals surface area contributed by atoms with E-state index in [0.717, 1.165) is 40.8 Å². The van der Waals surface area contributed by atoms with Crippen molar-refractivity contribution >= 4 is 5.91 Å². The van der Waals surface area contributed by atoms with Crippen LogP contribution in [0.1, 0.15) is 30.5 Å². The summed E-state index contributed by atoms with van der Waals surface area (Å²) in [6.07, 6.45) is 1.47. The molecule has 2 aromatic rings. The molecule has 0 spiro atoms. The predicted octanol–water partition coefficient (Wildman–Crippen LogP) is 3.51. The Morgan fingerprint density at radius 1 is 0.963 bits per heavy atom. The molecule has 1 aliphatic carbocycles. The number of hydrogen-bond donors (Lipinski definition) is 1. The van der Waals surface area contributed by atoms with E-state index < -0.39 is 0 Å². The van der Waals surface area contributed by atoms with Gasteiger partial charge in [0.05, 0.1) is 34.5 Å². The van der Waals surface area contributed by atoms with Gasteiger partial charge in [0, 0.05) is 12.5 Å². The minimum atomic E-state index is -0.0995. The summed E-state index contributed by atoms with van der Waals surface area (Å²) in [5.74, 6) is 2.51. The SMILES string of the molecule is COc1ccc2c(c1)-c1cc(OC)c(OC)c(OC)c1CC[C@@H]2NC(C)=O. The maximum absolute atomic E-state index is 11.8. The summed E-state index contributed by atoms with van der Waals surface area (Å²) in [7, 11) is 6.47. The zero-order valence-electron chi connectivity index (χ0n) is 16.3. The first-order valence-corrected chi connectivity index (χ1v) is 8.81. The van der Waals surface area contributed by atoms with Crippen molar-refractivity contribution in [1.29, 1.82) is 0 Å². The number of benzene rings is 2. The van der Waals surface area contributed by atoms with Crippen LogP contribution in [0.25, 0.3) is 11.1 Å². The Labute approximate surface area is 159 Å². The molecule has 0 bridgehead atoms. The highest BCUT2D eigenvalue weighted by Gasteiger charge is 2.29. The van der Waals surface area contributed by atoms with Crippen molar-refractivity contribution in [2.45, 2.75) is 25.8 Å². The molecule has 6 nitrogen and oxygen atoms in total. The Kier molecular flexibility index (Phi) is 5.44. The second-order valence-corrected chi connectivity index (χ2v) is 6.42. The van der Waals surface area contributed by atoms with E-state index in [1.54, 1.807) is 28.4 Å². The van der Waals surface area contributed by atoms with Crippen LogP contribution in [0.4, 0.5) is 0 Å². The largest absolute Gasteiger partial charge is 0.497 e. The van der Waals surface area contributed by atoms with Gasteiger partial charge in [0.2, 0.25) is 11.7 Å². The van der Waals surface area contributed by atoms with Gasteiger partial charge in [-0.3, -0.25) is 4.79 Å². The van der Waals surface area contributed by atoms with Gasteiger partial charge in [-0.25, -0.2) is 0 Å². The summed E-state index contributed by atoms with van der Waals surface area (Å²) in [6, 6.07) is 7.77. The third kappa shape index (κ3) is 3.39. The highest BCUT2D eigenvalue weighted by Crippen LogP contribution is 2.49. The number of rotatable bonds is 5. The smallest absolute Gasteiger partial charge is 0.217 e. The summed E-state index contributed by atoms with van der Waals surface area (Å²) in [6.45, 7) is 1.54. The molecule has 2 aromatic carbocycles. The van der Waals surface area contributed by atoms with Gasteiger partial charge in [0.15, 0.2) is 11.5 Å². The topological polar surface area (TPSA) is 66.0 Å². The van der Waals surface area contributed by atoms with Gasteiger partial charge in [0.25, 0.3) is 0 Å². The second-order valence-electron chi connectivity index (χ2n) is 6.42. The Hall–Kier alpha value is -2.89. The van der Waals surface area contributed by atoms with Crippen molar-refractivity contribution in [3.05, 3.63) is 35.4 Å². The van der Waals surface area contributed by atoms with Gasteiger partial charge in [-0.2, -0.15) is 0 Å². The molecule has 1 aliphatic rings. The molecule has 0 saturated carbocycles. The van der Waals surface area contributed by atoms with Crippen LogP contribution in [-0.4, -0.2) is 34.3 Å². The number of amides is 1. The van der Waals surface area contributed by atoms with E-state index in [1.165, 1.54) is 6.92 Å². The van der Waals surface area contributed by atoms with E-state index >= 15 is 0 Å². The summed E-state index contributed by atoms with van der Waals surface area (Å²) in [5.41, 5.74) is 4.04. The van der Waals surface area contributed by atoms with Crippen molar-refractivity contribution in [3.8, 4) is 34.1 Å². The van der Waals surface area contributed by atoms with Crippen molar-refractivity contribution < 1.29 is 23.7 Å². The van der Waals surface area contributed by atoms with Gasteiger partial charge in [0.1, 0.15) is 5.75 Å². The summed E-state index contributed by atoms with van der Waals surface area (Å²) in [4.78, 5) is 11.8. The third-order valence-corrected chi connectivity index (χ3v) is 4.92. The standard InChI is InChI=1S/C21H25NO5/c1-12(23)22-18-9-8-15-17(16-10-13(24-2)6-7-14(16)18)11-19(25-3)21(27-5)20(15)26-4/h6-7,10-11,18H,8-9H2,1-5H3,(H,22,23)/t18-/m0/s1. The molecule has 0 radical (unpaired) electrons. The minimum absolute atomic E-state index is 0.0603. The van der Waals surface area contributed by atoms with E-state index in [4.69, 9.17) is 18.9 Å². The van der Waals surface area contributed by atoms with Crippen molar-refractivity contribution in [2.75, 3.05) is 28.4 Å². The minimum Gasteiger partial charge on any atom is -0.497 e. The lowest BCUT2D eigenvalue weighted by molar-refractivity contribution is -0.119. The van der Waals surface area contributed by atoms with Crippen molar-refractivity contribution in [3.63, 3.8) is 0 Å². The van der Waals surface area contributed by atoms with Gasteiger partial charge < -0.3 is 24.3 Å². The quantitative estimate of drug-likeness (QED) is 0.871. The normalized spacial score (nSPS) is 15.1. The number of ether oxygens (including phenoxy) is 4. The fraction of sp³-hybridized carbons (Fsp3) is 0.381. The average molecular weight is 371 g/mol. The lowest BCUT2D eigenvalue weighted by Crippen LogP contribution is -2.26. The van der Waals surface area contributed by atoms with Crippen LogP contribution < -0.4 is 24.3 Å². The van der Waals surface area contributed by atoms with Crippen molar-refractivity contribution in [2.24, 2.45) is 0 Å². The second kappa shape index (κ2) is 7.78. The Morgan fingerprint density at radius 2 is 1.70 bits per heavy atom. The zero-order chi connectivity index (χ0) is 19.6. The van der Waals surface area contributed by atoms with Crippen LogP contribution in [0, 0.1) is 0 Å². The Morgan fingerprint density at radius 3 is 2.30 bits per heavy atom. The highest BCUT2D eigenvalue weighted by molar-refractivity contribution is 5.81. The summed E-state index contributed by atoms with van der Waals surface area (Å²) >= 11 is 0. The van der Waals surface area contributed by atoms with Crippen LogP contribution in [0.15, 0.2) is 24.3 Å². The molecule has 0 aliphatic heterocycles. The molecule has 1 amide bonds. The van der Waals surface area contributed by atoms with E-state index in [2.05, 4.69) is 5.32 Å². The molecule has 1 atom stereocenters. The summed E-state index contributed by atoms with van der Waals surface area (Å²) in [5, 5.41) is 3.06. The number of carbonyl (C=O) groups excluding carboxylic acids is 1. The van der Waals surface area contributed by atoms with E-state index in [1.807, 2.05) is 24.3 Å². The number of nitrogens with one attached hydrogen (secondary N) is 1.